The Bertz CT molecular complexity index is 462. The smallest absolute Gasteiger partial charge is 0.172 e. The Balaban J connectivity index is 1.77. The minimum absolute atomic E-state index is 0.0821. The molecule has 0 amide bonds. The summed E-state index contributed by atoms with van der Waals surface area (Å²) in [5, 5.41) is 13.0. The van der Waals surface area contributed by atoms with Gasteiger partial charge in [0.05, 0.1) is 12.7 Å². The minimum Gasteiger partial charge on any atom is -0.504 e. The minimum atomic E-state index is -0.0869. The fraction of sp³-hybridized carbons (Fsp3) is 0.467. The number of allylic oxidation sites excluding steroid dienone is 2. The number of hydrogen-bond acceptors (Lipinski definition) is 4. The van der Waals surface area contributed by atoms with Crippen LogP contribution in [0.5, 0.6) is 11.5 Å². The third kappa shape index (κ3) is 4.11. The molecule has 3 nitrogen and oxygen atoms in total. The average molecular weight is 280 g/mol. The number of rotatable bonds is 6. The van der Waals surface area contributed by atoms with Gasteiger partial charge in [0.15, 0.2) is 11.5 Å². The van der Waals surface area contributed by atoms with Crippen molar-refractivity contribution in [1.29, 1.82) is 0 Å². The number of thiophene rings is 1. The van der Waals surface area contributed by atoms with E-state index in [1.807, 2.05) is 6.92 Å². The van der Waals surface area contributed by atoms with Crippen molar-refractivity contribution < 1.29 is 14.6 Å². The molecule has 1 aromatic heterocycles. The van der Waals surface area contributed by atoms with Crippen molar-refractivity contribution in [3.05, 3.63) is 34.6 Å². The third-order valence-corrected chi connectivity index (χ3v) is 3.72. The largest absolute Gasteiger partial charge is 0.504 e. The zero-order valence-corrected chi connectivity index (χ0v) is 12.2. The van der Waals surface area contributed by atoms with Crippen LogP contribution in [0.2, 0.25) is 0 Å². The first-order valence-electron chi connectivity index (χ1n) is 6.57. The summed E-state index contributed by atoms with van der Waals surface area (Å²) in [6.45, 7) is 4.49. The molecule has 1 aromatic rings. The lowest BCUT2D eigenvalue weighted by molar-refractivity contribution is 0.0309. The van der Waals surface area contributed by atoms with Crippen LogP contribution in [-0.2, 0) is 4.74 Å². The van der Waals surface area contributed by atoms with Crippen molar-refractivity contribution in [2.75, 3.05) is 6.61 Å². The highest BCUT2D eigenvalue weighted by Gasteiger charge is 2.13. The van der Waals surface area contributed by atoms with Crippen LogP contribution in [-0.4, -0.2) is 23.9 Å². The summed E-state index contributed by atoms with van der Waals surface area (Å²) >= 11 is 1.42. The van der Waals surface area contributed by atoms with Crippen LogP contribution in [0.15, 0.2) is 34.6 Å². The summed E-state index contributed by atoms with van der Waals surface area (Å²) < 4.78 is 11.4. The van der Waals surface area contributed by atoms with E-state index < -0.39 is 0 Å². The molecular formula is C15H20O3S. The van der Waals surface area contributed by atoms with Crippen molar-refractivity contribution in [2.24, 2.45) is 0 Å². The van der Waals surface area contributed by atoms with Crippen molar-refractivity contribution in [3.63, 3.8) is 0 Å². The summed E-state index contributed by atoms with van der Waals surface area (Å²) in [5.74, 6) is 0.730. The number of hydrogen-bond donors (Lipinski definition) is 1. The lowest BCUT2D eigenvalue weighted by atomic mass is 10.0. The van der Waals surface area contributed by atoms with Crippen molar-refractivity contribution in [1.82, 2.24) is 0 Å². The molecule has 2 unspecified atom stereocenters. The van der Waals surface area contributed by atoms with Crippen LogP contribution in [0.4, 0.5) is 0 Å². The molecule has 1 aliphatic carbocycles. The van der Waals surface area contributed by atoms with Gasteiger partial charge in [0.25, 0.3) is 0 Å². The molecule has 0 aliphatic heterocycles. The van der Waals surface area contributed by atoms with Crippen LogP contribution in [0.25, 0.3) is 0 Å². The molecule has 2 atom stereocenters. The fourth-order valence-electron chi connectivity index (χ4n) is 1.93. The first-order chi connectivity index (χ1) is 9.16. The molecule has 0 spiro atoms. The first kappa shape index (κ1) is 14.2. The molecule has 1 heterocycles. The summed E-state index contributed by atoms with van der Waals surface area (Å²) in [6, 6.07) is 0. The highest BCUT2D eigenvalue weighted by molar-refractivity contribution is 7.08. The fourth-order valence-corrected chi connectivity index (χ4v) is 2.54. The topological polar surface area (TPSA) is 38.7 Å². The number of aromatic hydroxyl groups is 1. The first-order valence-corrected chi connectivity index (χ1v) is 7.51. The molecule has 19 heavy (non-hydrogen) atoms. The molecule has 0 radical (unpaired) electrons. The van der Waals surface area contributed by atoms with E-state index in [2.05, 4.69) is 25.2 Å². The molecular weight excluding hydrogens is 260 g/mol. The van der Waals surface area contributed by atoms with Gasteiger partial charge in [0.2, 0.25) is 0 Å². The SMILES string of the molecule is CC(COC(C)C1=CCCC=C1)Oc1cscc1O. The Labute approximate surface area is 118 Å². The van der Waals surface area contributed by atoms with Crippen molar-refractivity contribution in [2.45, 2.75) is 38.9 Å². The Morgan fingerprint density at radius 3 is 2.79 bits per heavy atom. The predicted molar refractivity (Wildman–Crippen MR) is 77.9 cm³/mol. The molecule has 1 N–H and O–H groups in total. The van der Waals surface area contributed by atoms with Crippen molar-refractivity contribution in [3.8, 4) is 11.5 Å². The van der Waals surface area contributed by atoms with Crippen molar-refractivity contribution >= 4 is 11.3 Å². The van der Waals surface area contributed by atoms with E-state index in [-0.39, 0.29) is 18.0 Å². The molecule has 4 heteroatoms. The van der Waals surface area contributed by atoms with E-state index >= 15 is 0 Å². The monoisotopic (exact) mass is 280 g/mol. The normalized spacial score (nSPS) is 17.9. The second-order valence-electron chi connectivity index (χ2n) is 4.71. The Hall–Kier alpha value is -1.26. The van der Waals surface area contributed by atoms with E-state index in [1.54, 1.807) is 10.8 Å². The van der Waals surface area contributed by atoms with Crippen LogP contribution >= 0.6 is 11.3 Å². The van der Waals surface area contributed by atoms with Crippen LogP contribution in [0, 0.1) is 0 Å². The standard InChI is InChI=1S/C15H20O3S/c1-11(18-15-10-19-9-14(15)16)8-17-12(2)13-6-4-3-5-7-13/h4,6-7,9-12,16H,3,5,8H2,1-2H3. The average Bonchev–Trinajstić information content (AvgIpc) is 2.82. The van der Waals surface area contributed by atoms with Crippen LogP contribution in [0.3, 0.4) is 0 Å². The van der Waals surface area contributed by atoms with Crippen LogP contribution < -0.4 is 4.74 Å². The lowest BCUT2D eigenvalue weighted by Crippen LogP contribution is -2.23. The van der Waals surface area contributed by atoms with Gasteiger partial charge in [-0.05, 0) is 32.3 Å². The maximum atomic E-state index is 9.51. The Kier molecular flexibility index (Phi) is 5.05. The molecule has 1 aliphatic rings. The summed E-state index contributed by atoms with van der Waals surface area (Å²) in [7, 11) is 0. The third-order valence-electron chi connectivity index (χ3n) is 3.01. The van der Waals surface area contributed by atoms with E-state index in [4.69, 9.17) is 9.47 Å². The molecule has 0 bridgehead atoms. The zero-order chi connectivity index (χ0) is 13.7. The van der Waals surface area contributed by atoms with E-state index in [1.165, 1.54) is 16.9 Å². The quantitative estimate of drug-likeness (QED) is 0.859. The Morgan fingerprint density at radius 2 is 2.16 bits per heavy atom. The lowest BCUT2D eigenvalue weighted by Gasteiger charge is -2.20. The van der Waals surface area contributed by atoms with Gasteiger partial charge in [0, 0.05) is 10.8 Å². The molecule has 0 saturated carbocycles. The molecule has 2 rings (SSSR count). The van der Waals surface area contributed by atoms with E-state index in [9.17, 15) is 5.11 Å². The van der Waals surface area contributed by atoms with Gasteiger partial charge in [-0.15, -0.1) is 11.3 Å². The highest BCUT2D eigenvalue weighted by atomic mass is 32.1. The zero-order valence-electron chi connectivity index (χ0n) is 11.3. The summed E-state index contributed by atoms with van der Waals surface area (Å²) in [5.41, 5.74) is 1.23. The molecule has 0 fully saturated rings. The maximum Gasteiger partial charge on any atom is 0.172 e. The van der Waals surface area contributed by atoms with E-state index in [0.717, 1.165) is 12.8 Å². The van der Waals surface area contributed by atoms with Gasteiger partial charge in [0.1, 0.15) is 6.10 Å². The molecule has 104 valence electrons. The van der Waals surface area contributed by atoms with Gasteiger partial charge >= 0.3 is 0 Å². The van der Waals surface area contributed by atoms with Gasteiger partial charge in [-0.3, -0.25) is 0 Å². The number of ether oxygens (including phenoxy) is 2. The van der Waals surface area contributed by atoms with Gasteiger partial charge in [-0.1, -0.05) is 18.2 Å². The summed E-state index contributed by atoms with van der Waals surface area (Å²) in [4.78, 5) is 0. The second-order valence-corrected chi connectivity index (χ2v) is 5.45. The highest BCUT2D eigenvalue weighted by Crippen LogP contribution is 2.30. The van der Waals surface area contributed by atoms with Gasteiger partial charge < -0.3 is 14.6 Å². The second kappa shape index (κ2) is 6.78. The van der Waals surface area contributed by atoms with Gasteiger partial charge in [-0.2, -0.15) is 0 Å². The summed E-state index contributed by atoms with van der Waals surface area (Å²) in [6.07, 6.45) is 8.74. The molecule has 0 aromatic carbocycles. The Morgan fingerprint density at radius 1 is 1.32 bits per heavy atom. The van der Waals surface area contributed by atoms with Gasteiger partial charge in [-0.25, -0.2) is 0 Å². The molecule has 0 saturated heterocycles. The van der Waals surface area contributed by atoms with Crippen LogP contribution in [0.1, 0.15) is 26.7 Å². The predicted octanol–water partition coefficient (Wildman–Crippen LogP) is 3.90. The maximum absolute atomic E-state index is 9.51. The van der Waals surface area contributed by atoms with E-state index in [0.29, 0.717) is 12.4 Å².